The maximum Gasteiger partial charge on any atom is 0.389 e. The lowest BCUT2D eigenvalue weighted by molar-refractivity contribution is -0.147. The van der Waals surface area contributed by atoms with E-state index < -0.39 is 89.0 Å². The van der Waals surface area contributed by atoms with Crippen molar-refractivity contribution in [2.45, 2.75) is 98.6 Å². The van der Waals surface area contributed by atoms with Crippen LogP contribution in [0.3, 0.4) is 0 Å². The number of urea groups is 1. The van der Waals surface area contributed by atoms with Gasteiger partial charge in [-0.25, -0.2) is 4.79 Å². The molecule has 15 heteroatoms. The number of nitrogens with zero attached hydrogens (tertiary/aromatic N) is 2. The average Bonchev–Trinajstić information content (AvgIpc) is 3.64. The number of fused-ring (bicyclic) bond motifs is 1. The SMILES string of the molecule is CN(C)C(=O)[C@@H](NC(=O)N[C@H](C(=O)N1CC2C3C(C)(C)C23[C@H]1C(=O)NC(CCC(F)(F)F)C(=O)C(N)=O)C(C)(C)C)C(C)(C)C. The fourth-order valence-electron chi connectivity index (χ4n) is 7.40. The van der Waals surface area contributed by atoms with Gasteiger partial charge in [-0.05, 0) is 34.5 Å². The van der Waals surface area contributed by atoms with E-state index in [0.717, 1.165) is 0 Å². The van der Waals surface area contributed by atoms with Gasteiger partial charge < -0.3 is 31.5 Å². The van der Waals surface area contributed by atoms with Gasteiger partial charge >= 0.3 is 12.2 Å². The number of Topliss-reactive ketones (excluding diaryl/α,β-unsaturated/α-hetero) is 1. The standard InChI is InChI=1S/C30H47F3N6O6/c1-26(2,3)18(23(43)38(9)10)36-25(45)37-19(27(4,5)6)24(44)39-13-14-17-28(7,8)30(14,17)20(39)22(42)35-15(16(40)21(34)41)11-12-29(31,32)33/h14-15,17-20H,11-13H2,1-10H3,(H2,34,41)(H,35,42)(H2,36,37,45)/t14?,15?,17?,18-,19-,20-,30?/m1/s1. The van der Waals surface area contributed by atoms with Gasteiger partial charge in [0.2, 0.25) is 23.5 Å². The molecule has 1 heterocycles. The summed E-state index contributed by atoms with van der Waals surface area (Å²) in [7, 11) is 3.12. The van der Waals surface area contributed by atoms with E-state index in [4.69, 9.17) is 5.73 Å². The number of nitrogens with one attached hydrogen (secondary N) is 3. The Labute approximate surface area is 261 Å². The fourth-order valence-corrected chi connectivity index (χ4v) is 7.40. The normalized spacial score (nSPS) is 26.8. The van der Waals surface area contributed by atoms with Gasteiger partial charge in [0.05, 0.1) is 6.04 Å². The molecule has 3 fully saturated rings. The summed E-state index contributed by atoms with van der Waals surface area (Å²) >= 11 is 0. The highest BCUT2D eigenvalue weighted by atomic mass is 19.4. The van der Waals surface area contributed by atoms with Gasteiger partial charge in [-0.3, -0.25) is 24.0 Å². The van der Waals surface area contributed by atoms with Crippen LogP contribution in [0.1, 0.15) is 68.2 Å². The second-order valence-corrected chi connectivity index (χ2v) is 15.5. The van der Waals surface area contributed by atoms with Crippen molar-refractivity contribution in [3.05, 3.63) is 0 Å². The lowest BCUT2D eigenvalue weighted by Gasteiger charge is -2.38. The monoisotopic (exact) mass is 644 g/mol. The molecule has 0 aromatic rings. The number of primary amides is 1. The zero-order valence-corrected chi connectivity index (χ0v) is 27.6. The molecule has 7 atom stereocenters. The first kappa shape index (κ1) is 36.1. The molecular weight excluding hydrogens is 597 g/mol. The highest BCUT2D eigenvalue weighted by Gasteiger charge is 2.97. The minimum absolute atomic E-state index is 0.0508. The van der Waals surface area contributed by atoms with Crippen molar-refractivity contribution in [3.63, 3.8) is 0 Å². The number of amides is 6. The van der Waals surface area contributed by atoms with E-state index in [1.807, 2.05) is 13.8 Å². The number of halogens is 3. The molecule has 254 valence electrons. The van der Waals surface area contributed by atoms with Crippen molar-refractivity contribution >= 4 is 35.4 Å². The first-order valence-corrected chi connectivity index (χ1v) is 15.0. The number of carbonyl (C=O) groups excluding carboxylic acids is 6. The van der Waals surface area contributed by atoms with Crippen molar-refractivity contribution in [3.8, 4) is 0 Å². The van der Waals surface area contributed by atoms with E-state index >= 15 is 0 Å². The molecule has 0 radical (unpaired) electrons. The lowest BCUT2D eigenvalue weighted by Crippen LogP contribution is -2.63. The number of hydrogen-bond acceptors (Lipinski definition) is 6. The van der Waals surface area contributed by atoms with Gasteiger partial charge in [-0.15, -0.1) is 0 Å². The summed E-state index contributed by atoms with van der Waals surface area (Å²) in [5.74, 6) is -4.63. The molecule has 12 nitrogen and oxygen atoms in total. The zero-order chi connectivity index (χ0) is 34.8. The van der Waals surface area contributed by atoms with Crippen LogP contribution in [0.5, 0.6) is 0 Å². The predicted octanol–water partition coefficient (Wildman–Crippen LogP) is 1.57. The molecule has 1 saturated heterocycles. The Balaban J connectivity index is 1.90. The Morgan fingerprint density at radius 3 is 1.84 bits per heavy atom. The van der Waals surface area contributed by atoms with Crippen molar-refractivity contribution in [1.29, 1.82) is 0 Å². The minimum atomic E-state index is -4.66. The highest BCUT2D eigenvalue weighted by Crippen LogP contribution is 2.95. The Kier molecular flexibility index (Phi) is 9.18. The van der Waals surface area contributed by atoms with Gasteiger partial charge in [0, 0.05) is 32.5 Å². The van der Waals surface area contributed by atoms with Crippen molar-refractivity contribution < 1.29 is 41.9 Å². The molecule has 2 saturated carbocycles. The average molecular weight is 645 g/mol. The van der Waals surface area contributed by atoms with Gasteiger partial charge in [-0.2, -0.15) is 13.2 Å². The molecule has 1 spiro atoms. The van der Waals surface area contributed by atoms with E-state index in [-0.39, 0.29) is 29.7 Å². The number of alkyl halides is 3. The largest absolute Gasteiger partial charge is 0.389 e. The molecular formula is C30H47F3N6O6. The summed E-state index contributed by atoms with van der Waals surface area (Å²) in [6.45, 7) is 14.5. The number of rotatable bonds is 10. The zero-order valence-electron chi connectivity index (χ0n) is 27.6. The van der Waals surface area contributed by atoms with Gasteiger partial charge in [0.25, 0.3) is 5.91 Å². The number of hydrogen-bond donors (Lipinski definition) is 4. The molecule has 4 unspecified atom stereocenters. The highest BCUT2D eigenvalue weighted by molar-refractivity contribution is 6.37. The van der Waals surface area contributed by atoms with Crippen LogP contribution in [0.25, 0.3) is 0 Å². The Bertz CT molecular complexity index is 1270. The molecule has 3 aliphatic rings. The number of ketones is 1. The summed E-state index contributed by atoms with van der Waals surface area (Å²) in [4.78, 5) is 80.9. The topological polar surface area (TPSA) is 171 Å². The summed E-state index contributed by atoms with van der Waals surface area (Å²) in [5.41, 5.74) is 2.50. The third kappa shape index (κ3) is 6.62. The summed E-state index contributed by atoms with van der Waals surface area (Å²) < 4.78 is 39.0. The number of likely N-dealkylation sites (N-methyl/N-ethyl adjacent to an activating group) is 1. The Morgan fingerprint density at radius 2 is 1.42 bits per heavy atom. The van der Waals surface area contributed by atoms with E-state index in [1.54, 1.807) is 55.6 Å². The van der Waals surface area contributed by atoms with E-state index in [1.165, 1.54) is 9.80 Å². The smallest absolute Gasteiger partial charge is 0.363 e. The molecule has 2 aliphatic carbocycles. The molecule has 0 bridgehead atoms. The first-order valence-electron chi connectivity index (χ1n) is 15.0. The number of nitrogens with two attached hydrogens (primary N) is 1. The van der Waals surface area contributed by atoms with Crippen molar-refractivity contribution in [2.75, 3.05) is 20.6 Å². The third-order valence-corrected chi connectivity index (χ3v) is 9.73. The molecule has 45 heavy (non-hydrogen) atoms. The minimum Gasteiger partial charge on any atom is -0.363 e. The molecule has 3 rings (SSSR count). The van der Waals surface area contributed by atoms with Crippen LogP contribution < -0.4 is 21.7 Å². The van der Waals surface area contributed by atoms with Crippen molar-refractivity contribution in [2.24, 2.45) is 39.2 Å². The molecule has 0 aromatic carbocycles. The van der Waals surface area contributed by atoms with Crippen LogP contribution in [0.2, 0.25) is 0 Å². The van der Waals surface area contributed by atoms with Crippen LogP contribution in [0, 0.1) is 33.5 Å². The van der Waals surface area contributed by atoms with Crippen LogP contribution in [-0.2, 0) is 24.0 Å². The van der Waals surface area contributed by atoms with Crippen LogP contribution in [-0.4, -0.2) is 96.2 Å². The van der Waals surface area contributed by atoms with Gasteiger partial charge in [-0.1, -0.05) is 55.4 Å². The van der Waals surface area contributed by atoms with E-state index in [9.17, 15) is 41.9 Å². The quantitative estimate of drug-likeness (QED) is 0.263. The Morgan fingerprint density at radius 1 is 0.911 bits per heavy atom. The molecule has 6 amide bonds. The maximum absolute atomic E-state index is 14.2. The number of piperidine rings is 1. The lowest BCUT2D eigenvalue weighted by atomic mass is 9.83. The fraction of sp³-hybridized carbons (Fsp3) is 0.800. The van der Waals surface area contributed by atoms with Gasteiger partial charge in [0.1, 0.15) is 18.1 Å². The van der Waals surface area contributed by atoms with Crippen LogP contribution in [0.15, 0.2) is 0 Å². The maximum atomic E-state index is 14.2. The summed E-state index contributed by atoms with van der Waals surface area (Å²) in [6, 6.07) is -5.86. The summed E-state index contributed by atoms with van der Waals surface area (Å²) in [5, 5.41) is 7.67. The van der Waals surface area contributed by atoms with Gasteiger partial charge in [0.15, 0.2) is 0 Å². The number of likely N-dealkylation sites (tertiary alicyclic amines) is 1. The molecule has 1 aliphatic heterocycles. The Hall–Kier alpha value is -3.39. The predicted molar refractivity (Wildman–Crippen MR) is 157 cm³/mol. The third-order valence-electron chi connectivity index (χ3n) is 9.73. The van der Waals surface area contributed by atoms with E-state index in [2.05, 4.69) is 16.0 Å². The molecule has 0 aromatic heterocycles. The number of carbonyl (C=O) groups is 6. The molecule has 5 N–H and O–H groups in total. The summed E-state index contributed by atoms with van der Waals surface area (Å²) in [6.07, 6.45) is -6.99. The van der Waals surface area contributed by atoms with Crippen LogP contribution in [0.4, 0.5) is 18.0 Å². The van der Waals surface area contributed by atoms with Crippen molar-refractivity contribution in [1.82, 2.24) is 25.8 Å². The van der Waals surface area contributed by atoms with E-state index in [0.29, 0.717) is 0 Å². The van der Waals surface area contributed by atoms with Crippen LogP contribution >= 0.6 is 0 Å². The second kappa shape index (κ2) is 11.4. The second-order valence-electron chi connectivity index (χ2n) is 15.5. The first-order chi connectivity index (χ1) is 20.2.